The minimum absolute atomic E-state index is 0.229. The minimum Gasteiger partial charge on any atom is -0.341 e. The van der Waals surface area contributed by atoms with E-state index in [9.17, 15) is 4.79 Å². The summed E-state index contributed by atoms with van der Waals surface area (Å²) < 4.78 is 0. The van der Waals surface area contributed by atoms with Gasteiger partial charge < -0.3 is 10.2 Å². The molecule has 2 aliphatic heterocycles. The molecule has 74 valence electrons. The van der Waals surface area contributed by atoms with E-state index in [0.29, 0.717) is 0 Å². The summed E-state index contributed by atoms with van der Waals surface area (Å²) in [5.74, 6) is 0.229. The molecule has 1 amide bonds. The smallest absolute Gasteiger partial charge is 0.219 e. The maximum absolute atomic E-state index is 11.2. The Morgan fingerprint density at radius 2 is 2.15 bits per heavy atom. The molecule has 0 radical (unpaired) electrons. The minimum atomic E-state index is 0.229. The molecule has 0 aromatic heterocycles. The van der Waals surface area contributed by atoms with Crippen molar-refractivity contribution in [3.8, 4) is 0 Å². The fraction of sp³-hybridized carbons (Fsp3) is 0.900. The highest BCUT2D eigenvalue weighted by Crippen LogP contribution is 2.29. The van der Waals surface area contributed by atoms with E-state index in [1.807, 2.05) is 4.90 Å². The third kappa shape index (κ3) is 1.70. The molecule has 3 heteroatoms. The summed E-state index contributed by atoms with van der Waals surface area (Å²) in [6, 6.07) is 0. The van der Waals surface area contributed by atoms with Gasteiger partial charge in [-0.2, -0.15) is 0 Å². The highest BCUT2D eigenvalue weighted by atomic mass is 16.2. The lowest BCUT2D eigenvalue weighted by Gasteiger charge is -2.40. The molecule has 0 saturated carbocycles. The van der Waals surface area contributed by atoms with E-state index in [1.165, 1.54) is 19.3 Å². The van der Waals surface area contributed by atoms with Crippen molar-refractivity contribution in [2.45, 2.75) is 38.1 Å². The maximum atomic E-state index is 11.2. The van der Waals surface area contributed by atoms with Crippen LogP contribution in [0.1, 0.15) is 32.6 Å². The Morgan fingerprint density at radius 3 is 2.77 bits per heavy atom. The van der Waals surface area contributed by atoms with Crippen molar-refractivity contribution in [2.24, 2.45) is 0 Å². The molecule has 2 fully saturated rings. The van der Waals surface area contributed by atoms with Gasteiger partial charge in [0, 0.05) is 25.6 Å². The van der Waals surface area contributed by atoms with Crippen LogP contribution in [0, 0.1) is 0 Å². The average molecular weight is 182 g/mol. The van der Waals surface area contributed by atoms with Gasteiger partial charge in [-0.25, -0.2) is 0 Å². The fourth-order valence-electron chi connectivity index (χ4n) is 2.62. The second kappa shape index (κ2) is 3.29. The number of piperidine rings is 1. The van der Waals surface area contributed by atoms with Crippen molar-refractivity contribution in [2.75, 3.05) is 19.6 Å². The number of likely N-dealkylation sites (tertiary alicyclic amines) is 1. The summed E-state index contributed by atoms with van der Waals surface area (Å²) in [5.41, 5.74) is 0.282. The van der Waals surface area contributed by atoms with Crippen LogP contribution in [0.2, 0.25) is 0 Å². The lowest BCUT2D eigenvalue weighted by atomic mass is 9.88. The molecule has 2 saturated heterocycles. The fourth-order valence-corrected chi connectivity index (χ4v) is 2.62. The Morgan fingerprint density at radius 1 is 1.38 bits per heavy atom. The van der Waals surface area contributed by atoms with Crippen molar-refractivity contribution in [1.82, 2.24) is 10.2 Å². The number of carbonyl (C=O) groups excluding carboxylic acids is 1. The monoisotopic (exact) mass is 182 g/mol. The van der Waals surface area contributed by atoms with Gasteiger partial charge in [-0.1, -0.05) is 0 Å². The van der Waals surface area contributed by atoms with Gasteiger partial charge in [0.1, 0.15) is 0 Å². The summed E-state index contributed by atoms with van der Waals surface area (Å²) in [4.78, 5) is 13.2. The molecule has 2 heterocycles. The van der Waals surface area contributed by atoms with E-state index in [2.05, 4.69) is 5.32 Å². The SMILES string of the molecule is CC(=O)N1CCCC2(CCCN2)C1. The number of rotatable bonds is 0. The number of carbonyl (C=O) groups is 1. The Kier molecular flexibility index (Phi) is 2.28. The van der Waals surface area contributed by atoms with Gasteiger partial charge in [0.2, 0.25) is 5.91 Å². The van der Waals surface area contributed by atoms with Crippen molar-refractivity contribution in [3.05, 3.63) is 0 Å². The van der Waals surface area contributed by atoms with Crippen LogP contribution in [0.5, 0.6) is 0 Å². The van der Waals surface area contributed by atoms with E-state index < -0.39 is 0 Å². The highest BCUT2D eigenvalue weighted by Gasteiger charge is 2.38. The summed E-state index contributed by atoms with van der Waals surface area (Å²) in [5, 5.41) is 3.56. The normalized spacial score (nSPS) is 34.1. The predicted octanol–water partition coefficient (Wildman–Crippen LogP) is 0.751. The second-order valence-electron chi connectivity index (χ2n) is 4.35. The predicted molar refractivity (Wildman–Crippen MR) is 51.5 cm³/mol. The zero-order valence-electron chi connectivity index (χ0n) is 8.31. The van der Waals surface area contributed by atoms with Crippen LogP contribution in [0.25, 0.3) is 0 Å². The molecule has 1 N–H and O–H groups in total. The molecule has 2 aliphatic rings. The van der Waals surface area contributed by atoms with Crippen LogP contribution < -0.4 is 5.32 Å². The number of nitrogens with one attached hydrogen (secondary N) is 1. The lowest BCUT2D eigenvalue weighted by molar-refractivity contribution is -0.131. The first-order valence-corrected chi connectivity index (χ1v) is 5.22. The van der Waals surface area contributed by atoms with Crippen LogP contribution >= 0.6 is 0 Å². The van der Waals surface area contributed by atoms with Crippen LogP contribution in [0.3, 0.4) is 0 Å². The quantitative estimate of drug-likeness (QED) is 0.599. The zero-order valence-corrected chi connectivity index (χ0v) is 8.31. The standard InChI is InChI=1S/C10H18N2O/c1-9(13)12-7-3-5-10(8-12)4-2-6-11-10/h11H,2-8H2,1H3. The van der Waals surface area contributed by atoms with Gasteiger partial charge in [-0.15, -0.1) is 0 Å². The first kappa shape index (κ1) is 9.00. The van der Waals surface area contributed by atoms with Gasteiger partial charge in [-0.3, -0.25) is 4.79 Å². The zero-order chi connectivity index (χ0) is 9.31. The van der Waals surface area contributed by atoms with Crippen LogP contribution in [-0.4, -0.2) is 36.0 Å². The molecule has 13 heavy (non-hydrogen) atoms. The second-order valence-corrected chi connectivity index (χ2v) is 4.35. The summed E-state index contributed by atoms with van der Waals surface area (Å²) in [6.45, 7) is 4.70. The number of hydrogen-bond donors (Lipinski definition) is 1. The molecule has 1 unspecified atom stereocenters. The van der Waals surface area contributed by atoms with E-state index >= 15 is 0 Å². The van der Waals surface area contributed by atoms with Crippen LogP contribution in [0.4, 0.5) is 0 Å². The van der Waals surface area contributed by atoms with Crippen molar-refractivity contribution < 1.29 is 4.79 Å². The third-order valence-electron chi connectivity index (χ3n) is 3.35. The number of amides is 1. The van der Waals surface area contributed by atoms with E-state index in [4.69, 9.17) is 0 Å². The number of hydrogen-bond acceptors (Lipinski definition) is 2. The molecule has 0 bridgehead atoms. The van der Waals surface area contributed by atoms with Gasteiger partial charge in [0.25, 0.3) is 0 Å². The summed E-state index contributed by atoms with van der Waals surface area (Å²) in [6.07, 6.45) is 4.92. The summed E-state index contributed by atoms with van der Waals surface area (Å²) in [7, 11) is 0. The maximum Gasteiger partial charge on any atom is 0.219 e. The molecule has 0 aromatic rings. The molecular weight excluding hydrogens is 164 g/mol. The average Bonchev–Trinajstić information content (AvgIpc) is 2.53. The molecule has 3 nitrogen and oxygen atoms in total. The van der Waals surface area contributed by atoms with Crippen LogP contribution in [-0.2, 0) is 4.79 Å². The van der Waals surface area contributed by atoms with Gasteiger partial charge in [-0.05, 0) is 32.2 Å². The van der Waals surface area contributed by atoms with E-state index in [0.717, 1.165) is 26.1 Å². The third-order valence-corrected chi connectivity index (χ3v) is 3.35. The molecule has 1 atom stereocenters. The van der Waals surface area contributed by atoms with Gasteiger partial charge >= 0.3 is 0 Å². The molecular formula is C10H18N2O. The van der Waals surface area contributed by atoms with Gasteiger partial charge in [0.05, 0.1) is 0 Å². The first-order chi connectivity index (χ1) is 6.22. The van der Waals surface area contributed by atoms with E-state index in [-0.39, 0.29) is 11.4 Å². The van der Waals surface area contributed by atoms with Gasteiger partial charge in [0.15, 0.2) is 0 Å². The van der Waals surface area contributed by atoms with E-state index in [1.54, 1.807) is 6.92 Å². The Labute approximate surface area is 79.5 Å². The molecule has 0 aliphatic carbocycles. The van der Waals surface area contributed by atoms with Crippen molar-refractivity contribution >= 4 is 5.91 Å². The Bertz CT molecular complexity index is 209. The molecule has 0 aromatic carbocycles. The Hall–Kier alpha value is -0.570. The van der Waals surface area contributed by atoms with Crippen LogP contribution in [0.15, 0.2) is 0 Å². The van der Waals surface area contributed by atoms with Crippen molar-refractivity contribution in [1.29, 1.82) is 0 Å². The lowest BCUT2D eigenvalue weighted by Crippen LogP contribution is -2.54. The van der Waals surface area contributed by atoms with Crippen molar-refractivity contribution in [3.63, 3.8) is 0 Å². The largest absolute Gasteiger partial charge is 0.341 e. The molecule has 1 spiro atoms. The number of nitrogens with zero attached hydrogens (tertiary/aromatic N) is 1. The Balaban J connectivity index is 2.02. The first-order valence-electron chi connectivity index (χ1n) is 5.22. The summed E-state index contributed by atoms with van der Waals surface area (Å²) >= 11 is 0. The highest BCUT2D eigenvalue weighted by molar-refractivity contribution is 5.73. The molecule has 2 rings (SSSR count). The topological polar surface area (TPSA) is 32.3 Å².